The van der Waals surface area contributed by atoms with Crippen LogP contribution in [-0.2, 0) is 21.0 Å². The summed E-state index contributed by atoms with van der Waals surface area (Å²) in [6.45, 7) is 22.6. The second-order valence-electron chi connectivity index (χ2n) is 15.2. The average molecular weight is 597 g/mol. The van der Waals surface area contributed by atoms with E-state index in [4.69, 9.17) is 4.52 Å². The van der Waals surface area contributed by atoms with E-state index >= 15 is 0 Å². The van der Waals surface area contributed by atoms with Gasteiger partial charge in [0.15, 0.2) is 0 Å². The van der Waals surface area contributed by atoms with Crippen LogP contribution in [0.2, 0.25) is 0 Å². The molecule has 3 nitrogen and oxygen atoms in total. The Morgan fingerprint density at radius 2 is 1.05 bits per heavy atom. The first-order chi connectivity index (χ1) is 19.6. The van der Waals surface area contributed by atoms with Crippen molar-refractivity contribution in [2.75, 3.05) is 0 Å². The zero-order valence-electron chi connectivity index (χ0n) is 28.6. The first-order valence-electron chi connectivity index (χ1n) is 16.8. The molecule has 3 rings (SSSR count). The highest BCUT2D eigenvalue weighted by molar-refractivity contribution is 7.39. The maximum atomic E-state index is 10.7. The fourth-order valence-corrected chi connectivity index (χ4v) is 7.81. The van der Waals surface area contributed by atoms with E-state index in [-0.39, 0.29) is 16.7 Å². The maximum Gasteiger partial charge on any atom is 0.328 e. The Balaban J connectivity index is 2.07. The topological polar surface area (TPSA) is 49.7 Å². The summed E-state index contributed by atoms with van der Waals surface area (Å²) in [5.74, 6) is 0.190. The van der Waals surface area contributed by atoms with Crippen LogP contribution in [0.1, 0.15) is 183 Å². The van der Waals surface area contributed by atoms with Crippen LogP contribution in [0.5, 0.6) is 0 Å². The number of rotatable bonds is 14. The zero-order chi connectivity index (χ0) is 31.3. The smallest absolute Gasteiger partial charge is 0.328 e. The van der Waals surface area contributed by atoms with Gasteiger partial charge in [0.2, 0.25) is 0 Å². The van der Waals surface area contributed by atoms with Gasteiger partial charge in [0.25, 0.3) is 0 Å². The molecule has 42 heavy (non-hydrogen) atoms. The van der Waals surface area contributed by atoms with Gasteiger partial charge in [0.1, 0.15) is 5.60 Å². The zero-order valence-corrected chi connectivity index (χ0v) is 29.5. The van der Waals surface area contributed by atoms with Gasteiger partial charge in [0.05, 0.1) is 0 Å². The van der Waals surface area contributed by atoms with Crippen LogP contribution in [0, 0.1) is 13.8 Å². The molecule has 236 valence electrons. The number of hydrogen-bond acceptors (Lipinski definition) is 3. The minimum atomic E-state index is -2.59. The van der Waals surface area contributed by atoms with Gasteiger partial charge >= 0.3 is 8.60 Å². The van der Waals surface area contributed by atoms with Gasteiger partial charge in [-0.2, -0.15) is 0 Å². The molecule has 0 bridgehead atoms. The summed E-state index contributed by atoms with van der Waals surface area (Å²) in [5, 5.41) is 0. The van der Waals surface area contributed by atoms with Crippen LogP contribution in [0.25, 0.3) is 0 Å². The third-order valence-electron chi connectivity index (χ3n) is 9.35. The molecule has 0 heterocycles. The molecule has 1 aliphatic rings. The summed E-state index contributed by atoms with van der Waals surface area (Å²) in [4.78, 5) is 21.3. The second kappa shape index (κ2) is 14.7. The van der Waals surface area contributed by atoms with Crippen LogP contribution < -0.4 is 0 Å². The molecule has 0 aliphatic heterocycles. The molecule has 0 unspecified atom stereocenters. The molecule has 0 saturated carbocycles. The molecule has 0 fully saturated rings. The van der Waals surface area contributed by atoms with Crippen molar-refractivity contribution in [2.24, 2.45) is 0 Å². The standard InChI is InChI=1S/C38H61O3P/c1-11-12-13-14-15-16-17-18-19-20-21-22-38(41-42(39)40)34-30(23-27(2)25-32(34)36(5,6)7)29(4)31-24-28(3)26-33(35(31)38)37(8,9)10/h23-26,29,39-40H,11-22H2,1-10H3. The summed E-state index contributed by atoms with van der Waals surface area (Å²) in [5.41, 5.74) is 8.77. The molecule has 0 atom stereocenters. The normalized spacial score (nSPS) is 18.8. The van der Waals surface area contributed by atoms with Crippen LogP contribution in [0.3, 0.4) is 0 Å². The Bertz CT molecular complexity index is 1100. The number of fused-ring (bicyclic) bond motifs is 2. The van der Waals surface area contributed by atoms with Gasteiger partial charge in [-0.1, -0.05) is 155 Å². The Kier molecular flexibility index (Phi) is 12.3. The molecule has 1 aliphatic carbocycles. The van der Waals surface area contributed by atoms with E-state index < -0.39 is 14.2 Å². The lowest BCUT2D eigenvalue weighted by molar-refractivity contribution is 0.0708. The van der Waals surface area contributed by atoms with Crippen molar-refractivity contribution in [1.82, 2.24) is 0 Å². The van der Waals surface area contributed by atoms with Gasteiger partial charge < -0.3 is 9.79 Å². The molecule has 0 radical (unpaired) electrons. The van der Waals surface area contributed by atoms with Gasteiger partial charge in [-0.05, 0) is 70.9 Å². The van der Waals surface area contributed by atoms with Crippen molar-refractivity contribution in [2.45, 2.75) is 169 Å². The third-order valence-corrected chi connectivity index (χ3v) is 9.83. The van der Waals surface area contributed by atoms with Crippen molar-refractivity contribution < 1.29 is 14.3 Å². The highest BCUT2D eigenvalue weighted by Crippen LogP contribution is 2.59. The molecule has 0 spiro atoms. The first-order valence-corrected chi connectivity index (χ1v) is 18.0. The fourth-order valence-electron chi connectivity index (χ4n) is 7.25. The predicted molar refractivity (Wildman–Crippen MR) is 182 cm³/mol. The summed E-state index contributed by atoms with van der Waals surface area (Å²) in [6.07, 6.45) is 14.8. The second-order valence-corrected chi connectivity index (χ2v) is 15.9. The molecule has 0 saturated heterocycles. The minimum absolute atomic E-state index is 0.126. The van der Waals surface area contributed by atoms with Crippen LogP contribution in [0.4, 0.5) is 0 Å². The molecule has 2 N–H and O–H groups in total. The molecule has 4 heteroatoms. The number of unbranched alkanes of at least 4 members (excludes halogenated alkanes) is 10. The number of benzene rings is 2. The summed E-state index contributed by atoms with van der Waals surface area (Å²) in [7, 11) is -2.59. The Morgan fingerprint density at radius 1 is 0.667 bits per heavy atom. The van der Waals surface area contributed by atoms with Gasteiger partial charge in [0, 0.05) is 5.92 Å². The molecule has 0 amide bonds. The summed E-state index contributed by atoms with van der Waals surface area (Å²) >= 11 is 0. The molecular weight excluding hydrogens is 535 g/mol. The molecule has 2 aromatic rings. The monoisotopic (exact) mass is 596 g/mol. The SMILES string of the molecule is CCCCCCCCCCCCCC1(OP(O)O)c2c(cc(C)cc2C(C)(C)C)C(C)c2cc(C)cc(C(C)(C)C)c21. The lowest BCUT2D eigenvalue weighted by atomic mass is 9.61. The van der Waals surface area contributed by atoms with Crippen LogP contribution >= 0.6 is 8.60 Å². The molecular formula is C38H61O3P. The molecule has 2 aromatic carbocycles. The Hall–Kier alpha value is -1.25. The number of hydrogen-bond donors (Lipinski definition) is 2. The highest BCUT2D eigenvalue weighted by Gasteiger charge is 2.50. The summed E-state index contributed by atoms with van der Waals surface area (Å²) < 4.78 is 6.60. The van der Waals surface area contributed by atoms with Crippen molar-refractivity contribution in [3.8, 4) is 0 Å². The van der Waals surface area contributed by atoms with E-state index in [1.165, 1.54) is 102 Å². The van der Waals surface area contributed by atoms with E-state index in [0.29, 0.717) is 0 Å². The lowest BCUT2D eigenvalue weighted by Crippen LogP contribution is -2.41. The van der Waals surface area contributed by atoms with Crippen molar-refractivity contribution >= 4 is 8.60 Å². The van der Waals surface area contributed by atoms with Crippen molar-refractivity contribution in [3.63, 3.8) is 0 Å². The van der Waals surface area contributed by atoms with Crippen LogP contribution in [-0.4, -0.2) is 9.79 Å². The van der Waals surface area contributed by atoms with Crippen molar-refractivity contribution in [1.29, 1.82) is 0 Å². The van der Waals surface area contributed by atoms with Crippen LogP contribution in [0.15, 0.2) is 24.3 Å². The quantitative estimate of drug-likeness (QED) is 0.168. The number of aryl methyl sites for hydroxylation is 2. The van der Waals surface area contributed by atoms with Gasteiger partial charge in [-0.3, -0.25) is 4.52 Å². The minimum Gasteiger partial charge on any atom is -0.328 e. The van der Waals surface area contributed by atoms with Crippen molar-refractivity contribution in [3.05, 3.63) is 68.8 Å². The third kappa shape index (κ3) is 8.26. The van der Waals surface area contributed by atoms with E-state index in [0.717, 1.165) is 19.3 Å². The Morgan fingerprint density at radius 3 is 1.40 bits per heavy atom. The molecule has 0 aromatic heterocycles. The highest BCUT2D eigenvalue weighted by atomic mass is 31.2. The van der Waals surface area contributed by atoms with E-state index in [2.05, 4.69) is 93.5 Å². The largest absolute Gasteiger partial charge is 0.328 e. The van der Waals surface area contributed by atoms with Gasteiger partial charge in [-0.25, -0.2) is 0 Å². The first kappa shape index (κ1) is 35.2. The fraction of sp³-hybridized carbons (Fsp3) is 0.684. The summed E-state index contributed by atoms with van der Waals surface area (Å²) in [6, 6.07) is 9.29. The Labute approximate surface area is 259 Å². The average Bonchev–Trinajstić information content (AvgIpc) is 2.88. The maximum absolute atomic E-state index is 10.7. The predicted octanol–water partition coefficient (Wildman–Crippen LogP) is 11.5. The lowest BCUT2D eigenvalue weighted by Gasteiger charge is -2.48. The van der Waals surface area contributed by atoms with Gasteiger partial charge in [-0.15, -0.1) is 0 Å². The van der Waals surface area contributed by atoms with E-state index in [9.17, 15) is 9.79 Å². The van der Waals surface area contributed by atoms with E-state index in [1.54, 1.807) is 0 Å². The van der Waals surface area contributed by atoms with E-state index in [1.807, 2.05) is 0 Å².